The van der Waals surface area contributed by atoms with Gasteiger partial charge in [0.05, 0.1) is 0 Å². The number of ether oxygens (including phenoxy) is 1. The maximum atomic E-state index is 11.7. The molecule has 0 aliphatic carbocycles. The molecule has 0 spiro atoms. The average molecular weight is 310 g/mol. The highest BCUT2D eigenvalue weighted by molar-refractivity contribution is 5.81. The minimum atomic E-state index is -1.17. The highest BCUT2D eigenvalue weighted by Gasteiger charge is 2.30. The number of rotatable bonds is 5. The van der Waals surface area contributed by atoms with Crippen LogP contribution in [0.15, 0.2) is 0 Å². The Morgan fingerprint density at radius 2 is 2.18 bits per heavy atom. The van der Waals surface area contributed by atoms with Crippen LogP contribution in [0, 0.1) is 18.3 Å². The lowest BCUT2D eigenvalue weighted by Crippen LogP contribution is -2.45. The van der Waals surface area contributed by atoms with Crippen molar-refractivity contribution < 1.29 is 24.2 Å². The van der Waals surface area contributed by atoms with Gasteiger partial charge < -0.3 is 20.1 Å². The lowest BCUT2D eigenvalue weighted by Gasteiger charge is -2.23. The van der Waals surface area contributed by atoms with Gasteiger partial charge in [0.2, 0.25) is 5.91 Å². The number of nitrogens with zero attached hydrogens (tertiary/aromatic N) is 1. The first-order chi connectivity index (χ1) is 10.1. The van der Waals surface area contributed by atoms with Crippen LogP contribution in [0.25, 0.3) is 0 Å². The summed E-state index contributed by atoms with van der Waals surface area (Å²) in [7, 11) is 0. The molecule has 1 rings (SSSR count). The zero-order valence-electron chi connectivity index (χ0n) is 13.1. The molecule has 1 aliphatic rings. The molecular formula is C15H22N2O5. The van der Waals surface area contributed by atoms with E-state index >= 15 is 0 Å². The number of terminal acetylenes is 1. The number of alkyl carbamates (subject to hydrolysis) is 1. The van der Waals surface area contributed by atoms with Gasteiger partial charge in [0.1, 0.15) is 11.6 Å². The van der Waals surface area contributed by atoms with Gasteiger partial charge in [-0.3, -0.25) is 4.79 Å². The lowest BCUT2D eigenvalue weighted by atomic mass is 10.1. The van der Waals surface area contributed by atoms with Crippen LogP contribution in [0.3, 0.4) is 0 Å². The quantitative estimate of drug-likeness (QED) is 0.734. The van der Waals surface area contributed by atoms with E-state index in [-0.39, 0.29) is 31.2 Å². The van der Waals surface area contributed by atoms with Gasteiger partial charge in [0.15, 0.2) is 0 Å². The molecule has 2 amide bonds. The fraction of sp³-hybridized carbons (Fsp3) is 0.667. The molecule has 0 radical (unpaired) electrons. The van der Waals surface area contributed by atoms with E-state index in [4.69, 9.17) is 16.3 Å². The van der Waals surface area contributed by atoms with Gasteiger partial charge in [-0.25, -0.2) is 9.59 Å². The molecule has 1 unspecified atom stereocenters. The van der Waals surface area contributed by atoms with Crippen molar-refractivity contribution in [2.75, 3.05) is 13.1 Å². The smallest absolute Gasteiger partial charge is 0.408 e. The number of hydrogen-bond acceptors (Lipinski definition) is 4. The van der Waals surface area contributed by atoms with Crippen molar-refractivity contribution in [3.05, 3.63) is 0 Å². The molecule has 0 bridgehead atoms. The van der Waals surface area contributed by atoms with Gasteiger partial charge in [-0.15, -0.1) is 12.3 Å². The Labute approximate surface area is 130 Å². The van der Waals surface area contributed by atoms with Crippen LogP contribution < -0.4 is 5.32 Å². The third-order valence-corrected chi connectivity index (χ3v) is 3.13. The second kappa shape index (κ2) is 7.16. The molecule has 1 fully saturated rings. The summed E-state index contributed by atoms with van der Waals surface area (Å²) in [6.07, 6.45) is 4.87. The maximum absolute atomic E-state index is 11.7. The first-order valence-electron chi connectivity index (χ1n) is 7.08. The molecule has 0 aromatic carbocycles. The van der Waals surface area contributed by atoms with Gasteiger partial charge in [-0.2, -0.15) is 0 Å². The maximum Gasteiger partial charge on any atom is 0.408 e. The fourth-order valence-corrected chi connectivity index (χ4v) is 2.09. The van der Waals surface area contributed by atoms with Crippen molar-refractivity contribution in [3.63, 3.8) is 0 Å². The van der Waals surface area contributed by atoms with E-state index in [1.54, 1.807) is 20.8 Å². The monoisotopic (exact) mass is 310 g/mol. The second-order valence-electron chi connectivity index (χ2n) is 6.23. The molecule has 2 atom stereocenters. The number of amides is 2. The number of nitrogens with one attached hydrogen (secondary N) is 1. The Hall–Kier alpha value is -2.23. The van der Waals surface area contributed by atoms with Crippen molar-refractivity contribution in [1.29, 1.82) is 0 Å². The van der Waals surface area contributed by atoms with E-state index in [9.17, 15) is 14.4 Å². The number of carboxylic acid groups (broad SMARTS) is 1. The molecule has 7 nitrogen and oxygen atoms in total. The Morgan fingerprint density at radius 1 is 1.55 bits per heavy atom. The number of hydrogen-bond donors (Lipinski definition) is 2. The highest BCUT2D eigenvalue weighted by atomic mass is 16.6. The molecule has 22 heavy (non-hydrogen) atoms. The minimum Gasteiger partial charge on any atom is -0.480 e. The molecule has 0 aromatic heterocycles. The van der Waals surface area contributed by atoms with Crippen LogP contribution in [0.1, 0.15) is 33.6 Å². The summed E-state index contributed by atoms with van der Waals surface area (Å²) in [6, 6.07) is -1.12. The van der Waals surface area contributed by atoms with E-state index in [0.29, 0.717) is 6.54 Å². The summed E-state index contributed by atoms with van der Waals surface area (Å²) in [6.45, 7) is 5.71. The summed E-state index contributed by atoms with van der Waals surface area (Å²) < 4.78 is 5.03. The highest BCUT2D eigenvalue weighted by Crippen LogP contribution is 2.17. The van der Waals surface area contributed by atoms with Crippen LogP contribution in [0.5, 0.6) is 0 Å². The van der Waals surface area contributed by atoms with Crippen molar-refractivity contribution in [1.82, 2.24) is 10.2 Å². The van der Waals surface area contributed by atoms with E-state index in [0.717, 1.165) is 0 Å². The molecular weight excluding hydrogens is 288 g/mol. The van der Waals surface area contributed by atoms with Crippen LogP contribution >= 0.6 is 0 Å². The van der Waals surface area contributed by atoms with Crippen molar-refractivity contribution in [3.8, 4) is 12.3 Å². The molecule has 1 saturated heterocycles. The third-order valence-electron chi connectivity index (χ3n) is 3.13. The van der Waals surface area contributed by atoms with Gasteiger partial charge in [0, 0.05) is 25.4 Å². The van der Waals surface area contributed by atoms with Crippen LogP contribution in [0.2, 0.25) is 0 Å². The van der Waals surface area contributed by atoms with Gasteiger partial charge in [-0.1, -0.05) is 0 Å². The summed E-state index contributed by atoms with van der Waals surface area (Å²) in [5.74, 6) is 1.13. The molecule has 1 aliphatic heterocycles. The number of carboxylic acids is 1. The predicted molar refractivity (Wildman–Crippen MR) is 78.9 cm³/mol. The zero-order valence-corrected chi connectivity index (χ0v) is 13.1. The summed E-state index contributed by atoms with van der Waals surface area (Å²) in [5.41, 5.74) is -0.710. The number of aliphatic carboxylic acids is 1. The van der Waals surface area contributed by atoms with Crippen LogP contribution in [-0.2, 0) is 14.3 Å². The van der Waals surface area contributed by atoms with Crippen LogP contribution in [-0.4, -0.2) is 52.7 Å². The Balaban J connectivity index is 2.52. The first kappa shape index (κ1) is 17.8. The van der Waals surface area contributed by atoms with Crippen molar-refractivity contribution in [2.45, 2.75) is 45.3 Å². The standard InChI is InChI=1S/C15H22N2O5/c1-5-10-8-12(18)17(9-10)7-6-11(13(19)20)16-14(21)22-15(2,3)4/h1,10-11H,6-9H2,2-4H3,(H,16,21)(H,19,20)/t10?,11-/m0/s1. The van der Waals surface area contributed by atoms with Crippen molar-refractivity contribution in [2.24, 2.45) is 5.92 Å². The first-order valence-corrected chi connectivity index (χ1v) is 7.08. The second-order valence-corrected chi connectivity index (χ2v) is 6.23. The van der Waals surface area contributed by atoms with Gasteiger partial charge in [0.25, 0.3) is 0 Å². The third kappa shape index (κ3) is 5.64. The van der Waals surface area contributed by atoms with Crippen LogP contribution in [0.4, 0.5) is 4.79 Å². The van der Waals surface area contributed by atoms with E-state index < -0.39 is 23.7 Å². The zero-order chi connectivity index (χ0) is 16.9. The molecule has 1 heterocycles. The minimum absolute atomic E-state index is 0.0932. The number of carbonyl (C=O) groups is 3. The average Bonchev–Trinajstić information content (AvgIpc) is 2.72. The summed E-state index contributed by atoms with van der Waals surface area (Å²) in [4.78, 5) is 36.1. The molecule has 2 N–H and O–H groups in total. The van der Waals surface area contributed by atoms with Gasteiger partial charge >= 0.3 is 12.1 Å². The largest absolute Gasteiger partial charge is 0.480 e. The lowest BCUT2D eigenvalue weighted by molar-refractivity contribution is -0.140. The fourth-order valence-electron chi connectivity index (χ4n) is 2.09. The Morgan fingerprint density at radius 3 is 2.64 bits per heavy atom. The Kier molecular flexibility index (Phi) is 5.80. The summed E-state index contributed by atoms with van der Waals surface area (Å²) in [5, 5.41) is 11.5. The SMILES string of the molecule is C#CC1CC(=O)N(CC[C@H](NC(=O)OC(C)(C)C)C(=O)O)C1. The summed E-state index contributed by atoms with van der Waals surface area (Å²) >= 11 is 0. The molecule has 0 aromatic rings. The van der Waals surface area contributed by atoms with E-state index in [1.807, 2.05) is 0 Å². The number of carbonyl (C=O) groups excluding carboxylic acids is 2. The van der Waals surface area contributed by atoms with E-state index in [1.165, 1.54) is 4.90 Å². The number of likely N-dealkylation sites (tertiary alicyclic amines) is 1. The van der Waals surface area contributed by atoms with Gasteiger partial charge in [-0.05, 0) is 27.2 Å². The Bertz CT molecular complexity index is 489. The molecule has 7 heteroatoms. The van der Waals surface area contributed by atoms with Crippen molar-refractivity contribution >= 4 is 18.0 Å². The van der Waals surface area contributed by atoms with E-state index in [2.05, 4.69) is 11.2 Å². The topological polar surface area (TPSA) is 95.9 Å². The normalized spacial score (nSPS) is 19.5. The predicted octanol–water partition coefficient (Wildman–Crippen LogP) is 0.836. The molecule has 0 saturated carbocycles. The molecule has 122 valence electrons.